The molecule has 0 aliphatic heterocycles. The summed E-state index contributed by atoms with van der Waals surface area (Å²) in [5.74, 6) is -1.25. The van der Waals surface area contributed by atoms with Gasteiger partial charge in [-0.3, -0.25) is 4.79 Å². The normalized spacial score (nSPS) is 14.1. The van der Waals surface area contributed by atoms with Crippen LogP contribution in [0.5, 0.6) is 0 Å². The fourth-order valence-corrected chi connectivity index (χ4v) is 3.24. The first-order chi connectivity index (χ1) is 8.55. The van der Waals surface area contributed by atoms with Crippen LogP contribution < -0.4 is 4.72 Å². The predicted molar refractivity (Wildman–Crippen MR) is 70.4 cm³/mol. The van der Waals surface area contributed by atoms with Crippen LogP contribution in [-0.2, 0) is 14.8 Å². The summed E-state index contributed by atoms with van der Waals surface area (Å²) in [5, 5.41) is 8.91. The number of aromatic nitrogens is 1. The molecule has 1 rings (SSSR count). The van der Waals surface area contributed by atoms with Crippen LogP contribution in [0.15, 0.2) is 23.2 Å². The highest BCUT2D eigenvalue weighted by molar-refractivity contribution is 7.89. The number of aliphatic carboxylic acids is 1. The monoisotopic (exact) mass is 306 g/mol. The van der Waals surface area contributed by atoms with Crippen molar-refractivity contribution in [3.63, 3.8) is 0 Å². The van der Waals surface area contributed by atoms with Crippen LogP contribution in [0, 0.1) is 5.41 Å². The number of halogens is 1. The largest absolute Gasteiger partial charge is 0.480 e. The van der Waals surface area contributed by atoms with Gasteiger partial charge in [-0.25, -0.2) is 13.4 Å². The second kappa shape index (κ2) is 5.44. The number of nitrogens with zero attached hydrogens (tertiary/aromatic N) is 1. The van der Waals surface area contributed by atoms with E-state index in [2.05, 4.69) is 9.71 Å². The van der Waals surface area contributed by atoms with Crippen LogP contribution in [0.2, 0.25) is 5.15 Å². The van der Waals surface area contributed by atoms with Crippen molar-refractivity contribution in [2.75, 3.05) is 0 Å². The molecule has 1 atom stereocenters. The summed E-state index contributed by atoms with van der Waals surface area (Å²) in [4.78, 5) is 14.6. The van der Waals surface area contributed by atoms with E-state index in [0.717, 1.165) is 0 Å². The van der Waals surface area contributed by atoms with E-state index in [0.29, 0.717) is 0 Å². The summed E-state index contributed by atoms with van der Waals surface area (Å²) in [6.07, 6.45) is 1.35. The van der Waals surface area contributed by atoms with Crippen molar-refractivity contribution < 1.29 is 18.3 Å². The van der Waals surface area contributed by atoms with Crippen LogP contribution in [0.25, 0.3) is 0 Å². The van der Waals surface area contributed by atoms with Crippen LogP contribution in [0.3, 0.4) is 0 Å². The average molecular weight is 307 g/mol. The lowest BCUT2D eigenvalue weighted by Crippen LogP contribution is -2.49. The number of carboxylic acids is 1. The number of nitrogens with one attached hydrogen (secondary N) is 1. The molecule has 2 N–H and O–H groups in total. The van der Waals surface area contributed by atoms with Crippen molar-refractivity contribution in [1.29, 1.82) is 0 Å². The van der Waals surface area contributed by atoms with Crippen LogP contribution in [0.1, 0.15) is 20.8 Å². The number of pyridine rings is 1. The van der Waals surface area contributed by atoms with Crippen LogP contribution in [-0.4, -0.2) is 30.5 Å². The van der Waals surface area contributed by atoms with Gasteiger partial charge in [0.05, 0.1) is 0 Å². The number of carboxylic acid groups (broad SMARTS) is 1. The van der Waals surface area contributed by atoms with E-state index in [1.54, 1.807) is 20.8 Å². The van der Waals surface area contributed by atoms with Crippen LogP contribution >= 0.6 is 11.6 Å². The first kappa shape index (κ1) is 15.9. The molecule has 0 aromatic carbocycles. The lowest BCUT2D eigenvalue weighted by molar-refractivity contribution is -0.141. The summed E-state index contributed by atoms with van der Waals surface area (Å²) >= 11 is 5.71. The highest BCUT2D eigenvalue weighted by Gasteiger charge is 2.35. The summed E-state index contributed by atoms with van der Waals surface area (Å²) in [6.45, 7) is 4.87. The number of sulfonamides is 1. The van der Waals surface area contributed by atoms with Gasteiger partial charge in [0.2, 0.25) is 10.0 Å². The summed E-state index contributed by atoms with van der Waals surface area (Å²) in [5.41, 5.74) is -0.784. The van der Waals surface area contributed by atoms with Crippen molar-refractivity contribution >= 4 is 27.6 Å². The molecule has 1 aromatic rings. The zero-order valence-electron chi connectivity index (χ0n) is 10.7. The molecular weight excluding hydrogens is 292 g/mol. The average Bonchev–Trinajstić information content (AvgIpc) is 2.24. The fraction of sp³-hybridized carbons (Fsp3) is 0.455. The third-order valence-electron chi connectivity index (χ3n) is 2.40. The minimum atomic E-state index is -4.04. The highest BCUT2D eigenvalue weighted by Crippen LogP contribution is 2.23. The van der Waals surface area contributed by atoms with Crippen molar-refractivity contribution in [2.24, 2.45) is 5.41 Å². The Morgan fingerprint density at radius 1 is 1.47 bits per heavy atom. The van der Waals surface area contributed by atoms with Crippen molar-refractivity contribution in [3.05, 3.63) is 23.5 Å². The lowest BCUT2D eigenvalue weighted by atomic mass is 9.88. The Hall–Kier alpha value is -1.18. The van der Waals surface area contributed by atoms with Gasteiger partial charge < -0.3 is 5.11 Å². The second-order valence-electron chi connectivity index (χ2n) is 5.05. The molecule has 19 heavy (non-hydrogen) atoms. The van der Waals surface area contributed by atoms with Gasteiger partial charge in [0, 0.05) is 6.20 Å². The molecule has 6 nitrogen and oxygen atoms in total. The Labute approximate surface area is 116 Å². The maximum Gasteiger partial charge on any atom is 0.322 e. The fourth-order valence-electron chi connectivity index (χ4n) is 1.39. The molecule has 0 bridgehead atoms. The van der Waals surface area contributed by atoms with Gasteiger partial charge in [0.1, 0.15) is 16.1 Å². The third-order valence-corrected chi connectivity index (χ3v) is 4.27. The Bertz CT molecular complexity index is 581. The number of carbonyl (C=O) groups is 1. The van der Waals surface area contributed by atoms with Crippen molar-refractivity contribution in [2.45, 2.75) is 31.7 Å². The molecule has 0 aliphatic carbocycles. The molecule has 106 valence electrons. The molecule has 0 radical (unpaired) electrons. The Kier molecular flexibility index (Phi) is 4.54. The summed E-state index contributed by atoms with van der Waals surface area (Å²) in [6, 6.07) is 1.40. The predicted octanol–water partition coefficient (Wildman–Crippen LogP) is 1.51. The molecule has 0 saturated carbocycles. The molecule has 0 saturated heterocycles. The van der Waals surface area contributed by atoms with Crippen molar-refractivity contribution in [3.8, 4) is 0 Å². The van der Waals surface area contributed by atoms with Gasteiger partial charge >= 0.3 is 5.97 Å². The third kappa shape index (κ3) is 3.89. The first-order valence-electron chi connectivity index (χ1n) is 5.41. The Balaban J connectivity index is 3.16. The number of hydrogen-bond acceptors (Lipinski definition) is 4. The Morgan fingerprint density at radius 2 is 2.05 bits per heavy atom. The molecular formula is C11H15ClN2O4S. The number of hydrogen-bond donors (Lipinski definition) is 2. The molecule has 0 unspecified atom stereocenters. The zero-order chi connectivity index (χ0) is 14.8. The van der Waals surface area contributed by atoms with Gasteiger partial charge in [0.25, 0.3) is 0 Å². The quantitative estimate of drug-likeness (QED) is 0.822. The molecule has 0 fully saturated rings. The van der Waals surface area contributed by atoms with Gasteiger partial charge in [-0.1, -0.05) is 32.4 Å². The van der Waals surface area contributed by atoms with E-state index in [-0.39, 0.29) is 10.0 Å². The summed E-state index contributed by atoms with van der Waals surface area (Å²) < 4.78 is 26.4. The molecule has 0 amide bonds. The highest BCUT2D eigenvalue weighted by atomic mass is 35.5. The molecule has 8 heteroatoms. The van der Waals surface area contributed by atoms with Gasteiger partial charge in [0.15, 0.2) is 0 Å². The van der Waals surface area contributed by atoms with E-state index in [1.807, 2.05) is 0 Å². The maximum absolute atomic E-state index is 12.1. The summed E-state index contributed by atoms with van der Waals surface area (Å²) in [7, 11) is -4.04. The van der Waals surface area contributed by atoms with Gasteiger partial charge in [-0.15, -0.1) is 0 Å². The van der Waals surface area contributed by atoms with Gasteiger partial charge in [-0.05, 0) is 17.5 Å². The van der Waals surface area contributed by atoms with E-state index >= 15 is 0 Å². The molecule has 0 aliphatic rings. The van der Waals surface area contributed by atoms with Crippen LogP contribution in [0.4, 0.5) is 0 Å². The first-order valence-corrected chi connectivity index (χ1v) is 7.27. The molecule has 0 spiro atoms. The lowest BCUT2D eigenvalue weighted by Gasteiger charge is -2.27. The van der Waals surface area contributed by atoms with E-state index in [1.165, 1.54) is 18.3 Å². The van der Waals surface area contributed by atoms with Gasteiger partial charge in [-0.2, -0.15) is 4.72 Å². The van der Waals surface area contributed by atoms with E-state index < -0.39 is 27.4 Å². The standard InChI is InChI=1S/C11H15ClN2O4S/c1-11(2,3)8(10(15)16)14-19(17,18)7-5-4-6-13-9(7)12/h4-6,8,14H,1-3H3,(H,15,16)/t8-/m0/s1. The van der Waals surface area contributed by atoms with Crippen molar-refractivity contribution in [1.82, 2.24) is 9.71 Å². The minimum absolute atomic E-state index is 0.201. The zero-order valence-corrected chi connectivity index (χ0v) is 12.3. The van der Waals surface area contributed by atoms with E-state index in [9.17, 15) is 13.2 Å². The van der Waals surface area contributed by atoms with E-state index in [4.69, 9.17) is 16.7 Å². The maximum atomic E-state index is 12.1. The SMILES string of the molecule is CC(C)(C)[C@@H](NS(=O)(=O)c1cccnc1Cl)C(=O)O. The Morgan fingerprint density at radius 3 is 2.47 bits per heavy atom. The molecule has 1 heterocycles. The topological polar surface area (TPSA) is 96.4 Å². The number of rotatable bonds is 4. The molecule has 1 aromatic heterocycles. The second-order valence-corrected chi connectivity index (χ2v) is 7.09. The smallest absolute Gasteiger partial charge is 0.322 e. The minimum Gasteiger partial charge on any atom is -0.480 e.